The molecule has 21 heavy (non-hydrogen) atoms. The monoisotopic (exact) mass is 301 g/mol. The van der Waals surface area contributed by atoms with Crippen molar-refractivity contribution in [1.82, 2.24) is 4.90 Å². The summed E-state index contributed by atoms with van der Waals surface area (Å²) < 4.78 is 37.6. The van der Waals surface area contributed by atoms with E-state index in [1.165, 1.54) is 12.1 Å². The van der Waals surface area contributed by atoms with Crippen LogP contribution in [0.1, 0.15) is 37.3 Å². The Balaban J connectivity index is 2.16. The summed E-state index contributed by atoms with van der Waals surface area (Å²) in [5, 5.41) is 9.47. The SMILES string of the molecule is CCC1(C(=O)O)CCCN1Cc1ccc(C(F)(F)F)cc1. The Hall–Kier alpha value is -1.56. The topological polar surface area (TPSA) is 40.5 Å². The number of alkyl halides is 3. The highest BCUT2D eigenvalue weighted by atomic mass is 19.4. The van der Waals surface area contributed by atoms with Gasteiger partial charge in [-0.25, -0.2) is 0 Å². The van der Waals surface area contributed by atoms with Crippen molar-refractivity contribution >= 4 is 5.97 Å². The van der Waals surface area contributed by atoms with Gasteiger partial charge in [-0.05, 0) is 43.5 Å². The van der Waals surface area contributed by atoms with E-state index in [1.54, 1.807) is 0 Å². The molecular weight excluding hydrogens is 283 g/mol. The molecule has 1 fully saturated rings. The minimum Gasteiger partial charge on any atom is -0.480 e. The Morgan fingerprint density at radius 2 is 1.95 bits per heavy atom. The average Bonchev–Trinajstić information content (AvgIpc) is 2.82. The summed E-state index contributed by atoms with van der Waals surface area (Å²) >= 11 is 0. The number of halogens is 3. The first-order valence-electron chi connectivity index (χ1n) is 6.94. The summed E-state index contributed by atoms with van der Waals surface area (Å²) in [5.74, 6) is -0.852. The Morgan fingerprint density at radius 1 is 1.33 bits per heavy atom. The fourth-order valence-electron chi connectivity index (χ4n) is 2.98. The predicted molar refractivity (Wildman–Crippen MR) is 71.7 cm³/mol. The first-order chi connectivity index (χ1) is 9.79. The molecule has 116 valence electrons. The lowest BCUT2D eigenvalue weighted by atomic mass is 9.92. The summed E-state index contributed by atoms with van der Waals surface area (Å²) in [6.07, 6.45) is -2.48. The number of carbonyl (C=O) groups is 1. The predicted octanol–water partition coefficient (Wildman–Crippen LogP) is 3.53. The maximum atomic E-state index is 12.5. The van der Waals surface area contributed by atoms with Crippen molar-refractivity contribution in [3.8, 4) is 0 Å². The molecule has 1 atom stereocenters. The van der Waals surface area contributed by atoms with Crippen LogP contribution < -0.4 is 0 Å². The fourth-order valence-corrected chi connectivity index (χ4v) is 2.98. The first-order valence-corrected chi connectivity index (χ1v) is 6.94. The summed E-state index contributed by atoms with van der Waals surface area (Å²) in [6.45, 7) is 2.85. The molecule has 0 amide bonds. The van der Waals surface area contributed by atoms with Crippen molar-refractivity contribution in [3.05, 3.63) is 35.4 Å². The first kappa shape index (κ1) is 15.8. The highest BCUT2D eigenvalue weighted by molar-refractivity contribution is 5.79. The van der Waals surface area contributed by atoms with Crippen LogP contribution in [0.15, 0.2) is 24.3 Å². The van der Waals surface area contributed by atoms with E-state index in [-0.39, 0.29) is 0 Å². The van der Waals surface area contributed by atoms with Crippen LogP contribution in [0.4, 0.5) is 13.2 Å². The number of rotatable bonds is 4. The zero-order valence-electron chi connectivity index (χ0n) is 11.8. The van der Waals surface area contributed by atoms with Gasteiger partial charge >= 0.3 is 12.1 Å². The molecule has 1 aliphatic rings. The van der Waals surface area contributed by atoms with Gasteiger partial charge in [0.25, 0.3) is 0 Å². The number of hydrogen-bond acceptors (Lipinski definition) is 2. The third-order valence-electron chi connectivity index (χ3n) is 4.26. The van der Waals surface area contributed by atoms with E-state index in [9.17, 15) is 23.1 Å². The molecule has 0 saturated carbocycles. The molecule has 0 aromatic heterocycles. The van der Waals surface area contributed by atoms with Crippen LogP contribution in [0.2, 0.25) is 0 Å². The summed E-state index contributed by atoms with van der Waals surface area (Å²) in [5.41, 5.74) is -0.875. The van der Waals surface area contributed by atoms with E-state index in [0.717, 1.165) is 18.6 Å². The third kappa shape index (κ3) is 3.05. The Kier molecular flexibility index (Phi) is 4.27. The highest BCUT2D eigenvalue weighted by Gasteiger charge is 2.45. The Labute approximate surface area is 121 Å². The maximum Gasteiger partial charge on any atom is 0.416 e. The smallest absolute Gasteiger partial charge is 0.416 e. The Bertz CT molecular complexity index is 513. The van der Waals surface area contributed by atoms with Crippen LogP contribution >= 0.6 is 0 Å². The number of benzene rings is 1. The maximum absolute atomic E-state index is 12.5. The van der Waals surface area contributed by atoms with E-state index < -0.39 is 23.2 Å². The van der Waals surface area contributed by atoms with Gasteiger partial charge < -0.3 is 5.11 Å². The highest BCUT2D eigenvalue weighted by Crippen LogP contribution is 2.34. The molecule has 1 aliphatic heterocycles. The van der Waals surface area contributed by atoms with Gasteiger partial charge in [0.15, 0.2) is 0 Å². The van der Waals surface area contributed by atoms with Crippen molar-refractivity contribution in [2.24, 2.45) is 0 Å². The van der Waals surface area contributed by atoms with Crippen molar-refractivity contribution in [3.63, 3.8) is 0 Å². The minimum absolute atomic E-state index is 0.359. The van der Waals surface area contributed by atoms with Gasteiger partial charge in [-0.15, -0.1) is 0 Å². The van der Waals surface area contributed by atoms with Crippen molar-refractivity contribution in [1.29, 1.82) is 0 Å². The molecule has 1 unspecified atom stereocenters. The Morgan fingerprint density at radius 3 is 2.43 bits per heavy atom. The molecule has 1 N–H and O–H groups in total. The molecule has 1 aromatic carbocycles. The van der Waals surface area contributed by atoms with Crippen LogP contribution in [0.3, 0.4) is 0 Å². The second kappa shape index (κ2) is 5.67. The zero-order valence-corrected chi connectivity index (χ0v) is 11.8. The van der Waals surface area contributed by atoms with Gasteiger partial charge in [-0.3, -0.25) is 9.69 Å². The molecule has 0 radical (unpaired) electrons. The molecule has 3 nitrogen and oxygen atoms in total. The second-order valence-electron chi connectivity index (χ2n) is 5.41. The lowest BCUT2D eigenvalue weighted by molar-refractivity contribution is -0.150. The van der Waals surface area contributed by atoms with Crippen molar-refractivity contribution in [2.45, 2.75) is 44.4 Å². The quantitative estimate of drug-likeness (QED) is 0.925. The van der Waals surface area contributed by atoms with E-state index in [1.807, 2.05) is 11.8 Å². The summed E-state index contributed by atoms with van der Waals surface area (Å²) in [6, 6.07) is 4.92. The fraction of sp³-hybridized carbons (Fsp3) is 0.533. The van der Waals surface area contributed by atoms with Gasteiger partial charge in [-0.2, -0.15) is 13.2 Å². The summed E-state index contributed by atoms with van der Waals surface area (Å²) in [7, 11) is 0. The third-order valence-corrected chi connectivity index (χ3v) is 4.26. The van der Waals surface area contributed by atoms with E-state index in [4.69, 9.17) is 0 Å². The van der Waals surface area contributed by atoms with E-state index in [2.05, 4.69) is 0 Å². The molecule has 0 aliphatic carbocycles. The molecule has 0 spiro atoms. The minimum atomic E-state index is -4.35. The number of carboxylic acids is 1. The lowest BCUT2D eigenvalue weighted by Crippen LogP contribution is -2.49. The standard InChI is InChI=1S/C15H18F3NO2/c1-2-14(13(20)21)8-3-9-19(14)10-11-4-6-12(7-5-11)15(16,17)18/h4-7H,2-3,8-10H2,1H3,(H,20,21). The van der Waals surface area contributed by atoms with E-state index in [0.29, 0.717) is 31.5 Å². The number of hydrogen-bond donors (Lipinski definition) is 1. The molecule has 1 aromatic rings. The van der Waals surface area contributed by atoms with Crippen LogP contribution in [0, 0.1) is 0 Å². The molecule has 6 heteroatoms. The summed E-state index contributed by atoms with van der Waals surface area (Å²) in [4.78, 5) is 13.4. The second-order valence-corrected chi connectivity index (χ2v) is 5.41. The largest absolute Gasteiger partial charge is 0.480 e. The van der Waals surface area contributed by atoms with Crippen LogP contribution in [-0.4, -0.2) is 28.1 Å². The number of nitrogens with zero attached hydrogens (tertiary/aromatic N) is 1. The number of carboxylic acid groups (broad SMARTS) is 1. The van der Waals surface area contributed by atoms with Crippen LogP contribution in [0.25, 0.3) is 0 Å². The number of aliphatic carboxylic acids is 1. The average molecular weight is 301 g/mol. The molecule has 0 bridgehead atoms. The van der Waals surface area contributed by atoms with Gasteiger partial charge in [0.2, 0.25) is 0 Å². The molecular formula is C15H18F3NO2. The van der Waals surface area contributed by atoms with Gasteiger partial charge in [0.1, 0.15) is 5.54 Å². The van der Waals surface area contributed by atoms with Gasteiger partial charge in [-0.1, -0.05) is 19.1 Å². The lowest BCUT2D eigenvalue weighted by Gasteiger charge is -2.34. The van der Waals surface area contributed by atoms with Crippen LogP contribution in [0.5, 0.6) is 0 Å². The van der Waals surface area contributed by atoms with Gasteiger partial charge in [0.05, 0.1) is 5.56 Å². The molecule has 1 heterocycles. The number of likely N-dealkylation sites (tertiary alicyclic amines) is 1. The van der Waals surface area contributed by atoms with Gasteiger partial charge in [0, 0.05) is 6.54 Å². The van der Waals surface area contributed by atoms with Crippen molar-refractivity contribution in [2.75, 3.05) is 6.54 Å². The normalized spacial score (nSPS) is 23.4. The van der Waals surface area contributed by atoms with Crippen LogP contribution in [-0.2, 0) is 17.5 Å². The molecule has 2 rings (SSSR count). The molecule has 1 saturated heterocycles. The van der Waals surface area contributed by atoms with Crippen molar-refractivity contribution < 1.29 is 23.1 Å². The zero-order chi connectivity index (χ0) is 15.7. The van der Waals surface area contributed by atoms with E-state index >= 15 is 0 Å².